The van der Waals surface area contributed by atoms with Crippen molar-refractivity contribution in [3.63, 3.8) is 0 Å². The predicted octanol–water partition coefficient (Wildman–Crippen LogP) is 3.68. The smallest absolute Gasteiger partial charge is 0.219 e. The van der Waals surface area contributed by atoms with Crippen LogP contribution in [0.2, 0.25) is 10.0 Å². The summed E-state index contributed by atoms with van der Waals surface area (Å²) >= 11 is 11.7. The molecular formula is C13H12Cl2N2O. The summed E-state index contributed by atoms with van der Waals surface area (Å²) in [6.07, 6.45) is 2.56. The molecule has 5 heteroatoms. The Morgan fingerprint density at radius 3 is 2.56 bits per heavy atom. The van der Waals surface area contributed by atoms with Gasteiger partial charge in [0.1, 0.15) is 5.75 Å². The first kappa shape index (κ1) is 13.1. The van der Waals surface area contributed by atoms with Gasteiger partial charge in [-0.3, -0.25) is 0 Å². The van der Waals surface area contributed by atoms with Gasteiger partial charge in [0.05, 0.1) is 10.0 Å². The molecule has 0 atom stereocenters. The third-order valence-electron chi connectivity index (χ3n) is 2.34. The molecule has 2 aromatic rings. The molecule has 2 rings (SSSR count). The van der Waals surface area contributed by atoms with Gasteiger partial charge in [0.2, 0.25) is 5.88 Å². The minimum Gasteiger partial charge on any atom is -0.439 e. The molecule has 2 N–H and O–H groups in total. The maximum absolute atomic E-state index is 5.90. The Labute approximate surface area is 115 Å². The summed E-state index contributed by atoms with van der Waals surface area (Å²) in [5, 5.41) is 0.948. The minimum absolute atomic E-state index is 0.453. The topological polar surface area (TPSA) is 48.1 Å². The molecule has 0 spiro atoms. The number of hydrogen-bond donors (Lipinski definition) is 1. The molecule has 0 radical (unpaired) electrons. The Morgan fingerprint density at radius 1 is 1.11 bits per heavy atom. The van der Waals surface area contributed by atoms with E-state index >= 15 is 0 Å². The normalized spacial score (nSPS) is 10.4. The molecule has 1 aromatic heterocycles. The summed E-state index contributed by atoms with van der Waals surface area (Å²) in [6, 6.07) is 8.81. The fraction of sp³-hybridized carbons (Fsp3) is 0.154. The number of hydrogen-bond acceptors (Lipinski definition) is 3. The zero-order valence-corrected chi connectivity index (χ0v) is 11.1. The van der Waals surface area contributed by atoms with Crippen LogP contribution in [0.4, 0.5) is 0 Å². The number of benzene rings is 1. The Balaban J connectivity index is 2.10. The van der Waals surface area contributed by atoms with Crippen LogP contribution in [0, 0.1) is 0 Å². The second-order valence-electron chi connectivity index (χ2n) is 3.72. The summed E-state index contributed by atoms with van der Waals surface area (Å²) in [7, 11) is 0. The Hall–Kier alpha value is -1.29. The van der Waals surface area contributed by atoms with Gasteiger partial charge in [-0.1, -0.05) is 29.3 Å². The average molecular weight is 283 g/mol. The van der Waals surface area contributed by atoms with Crippen LogP contribution in [-0.4, -0.2) is 11.5 Å². The number of halogens is 2. The van der Waals surface area contributed by atoms with E-state index in [2.05, 4.69) is 4.98 Å². The quantitative estimate of drug-likeness (QED) is 0.931. The van der Waals surface area contributed by atoms with Crippen molar-refractivity contribution < 1.29 is 4.74 Å². The maximum atomic E-state index is 5.90. The highest BCUT2D eigenvalue weighted by atomic mass is 35.5. The summed E-state index contributed by atoms with van der Waals surface area (Å²) in [6.45, 7) is 0.606. The molecule has 0 fully saturated rings. The molecule has 0 amide bonds. The fourth-order valence-corrected chi connectivity index (χ4v) is 1.74. The highest BCUT2D eigenvalue weighted by Gasteiger charge is 2.02. The molecular weight excluding hydrogens is 271 g/mol. The van der Waals surface area contributed by atoms with Gasteiger partial charge in [-0.05, 0) is 30.7 Å². The number of aromatic nitrogens is 1. The van der Waals surface area contributed by atoms with E-state index in [1.807, 2.05) is 6.07 Å². The van der Waals surface area contributed by atoms with Gasteiger partial charge in [-0.2, -0.15) is 0 Å². The van der Waals surface area contributed by atoms with Crippen LogP contribution in [-0.2, 0) is 6.42 Å². The lowest BCUT2D eigenvalue weighted by Gasteiger charge is -2.06. The first-order chi connectivity index (χ1) is 8.69. The lowest BCUT2D eigenvalue weighted by Crippen LogP contribution is -2.02. The fourth-order valence-electron chi connectivity index (χ4n) is 1.45. The lowest BCUT2D eigenvalue weighted by atomic mass is 10.2. The zero-order valence-electron chi connectivity index (χ0n) is 9.57. The molecule has 3 nitrogen and oxygen atoms in total. The van der Waals surface area contributed by atoms with Gasteiger partial charge in [-0.15, -0.1) is 0 Å². The molecule has 0 saturated carbocycles. The maximum Gasteiger partial charge on any atom is 0.219 e. The second-order valence-corrected chi connectivity index (χ2v) is 4.54. The van der Waals surface area contributed by atoms with Gasteiger partial charge in [0.15, 0.2) is 0 Å². The van der Waals surface area contributed by atoms with Gasteiger partial charge >= 0.3 is 0 Å². The van der Waals surface area contributed by atoms with E-state index in [1.54, 1.807) is 30.5 Å². The van der Waals surface area contributed by atoms with E-state index in [-0.39, 0.29) is 0 Å². The van der Waals surface area contributed by atoms with Gasteiger partial charge < -0.3 is 10.5 Å². The second kappa shape index (κ2) is 6.05. The average Bonchev–Trinajstić information content (AvgIpc) is 2.37. The Kier molecular flexibility index (Phi) is 4.42. The SMILES string of the molecule is NCCc1ccc(Oc2ccc(Cl)c(Cl)c2)nc1. The van der Waals surface area contributed by atoms with Crippen LogP contribution < -0.4 is 10.5 Å². The molecule has 1 heterocycles. The van der Waals surface area contributed by atoms with Crippen LogP contribution in [0.15, 0.2) is 36.5 Å². The Morgan fingerprint density at radius 2 is 1.94 bits per heavy atom. The van der Waals surface area contributed by atoms with Crippen molar-refractivity contribution in [3.8, 4) is 11.6 Å². The molecule has 94 valence electrons. The number of nitrogens with zero attached hydrogens (tertiary/aromatic N) is 1. The molecule has 0 aliphatic rings. The molecule has 0 aliphatic carbocycles. The van der Waals surface area contributed by atoms with Gasteiger partial charge in [0, 0.05) is 18.3 Å². The monoisotopic (exact) mass is 282 g/mol. The van der Waals surface area contributed by atoms with Gasteiger partial charge in [-0.25, -0.2) is 4.98 Å². The zero-order chi connectivity index (χ0) is 13.0. The largest absolute Gasteiger partial charge is 0.439 e. The third-order valence-corrected chi connectivity index (χ3v) is 3.08. The van der Waals surface area contributed by atoms with E-state index in [0.717, 1.165) is 12.0 Å². The van der Waals surface area contributed by atoms with Crippen LogP contribution in [0.1, 0.15) is 5.56 Å². The van der Waals surface area contributed by atoms with Crippen LogP contribution in [0.25, 0.3) is 0 Å². The number of rotatable bonds is 4. The van der Waals surface area contributed by atoms with E-state index < -0.39 is 0 Å². The Bertz CT molecular complexity index is 529. The van der Waals surface area contributed by atoms with E-state index in [9.17, 15) is 0 Å². The van der Waals surface area contributed by atoms with Crippen molar-refractivity contribution >= 4 is 23.2 Å². The van der Waals surface area contributed by atoms with E-state index in [0.29, 0.717) is 28.2 Å². The highest BCUT2D eigenvalue weighted by molar-refractivity contribution is 6.42. The number of pyridine rings is 1. The van der Waals surface area contributed by atoms with Crippen molar-refractivity contribution in [2.75, 3.05) is 6.54 Å². The molecule has 0 aliphatic heterocycles. The van der Waals surface area contributed by atoms with Crippen molar-refractivity contribution in [1.29, 1.82) is 0 Å². The predicted molar refractivity (Wildman–Crippen MR) is 73.5 cm³/mol. The minimum atomic E-state index is 0.453. The highest BCUT2D eigenvalue weighted by Crippen LogP contribution is 2.28. The summed E-state index contributed by atoms with van der Waals surface area (Å²) in [4.78, 5) is 4.19. The van der Waals surface area contributed by atoms with Gasteiger partial charge in [0.25, 0.3) is 0 Å². The molecule has 0 bridgehead atoms. The number of ether oxygens (including phenoxy) is 1. The third kappa shape index (κ3) is 3.35. The standard InChI is InChI=1S/C13H12Cl2N2O/c14-11-3-2-10(7-12(11)15)18-13-4-1-9(5-6-16)8-17-13/h1-4,7-8H,5-6,16H2. The molecule has 0 saturated heterocycles. The number of nitrogens with two attached hydrogens (primary N) is 1. The van der Waals surface area contributed by atoms with Crippen molar-refractivity contribution in [2.45, 2.75) is 6.42 Å². The molecule has 18 heavy (non-hydrogen) atoms. The first-order valence-electron chi connectivity index (χ1n) is 5.47. The summed E-state index contributed by atoms with van der Waals surface area (Å²) < 4.78 is 5.56. The molecule has 0 unspecified atom stereocenters. The van der Waals surface area contributed by atoms with Crippen molar-refractivity contribution in [3.05, 3.63) is 52.1 Å². The van der Waals surface area contributed by atoms with E-state index in [4.69, 9.17) is 33.7 Å². The summed E-state index contributed by atoms with van der Waals surface area (Å²) in [5.41, 5.74) is 6.55. The van der Waals surface area contributed by atoms with Crippen LogP contribution in [0.5, 0.6) is 11.6 Å². The van der Waals surface area contributed by atoms with Crippen LogP contribution >= 0.6 is 23.2 Å². The van der Waals surface area contributed by atoms with E-state index in [1.165, 1.54) is 0 Å². The van der Waals surface area contributed by atoms with Crippen LogP contribution in [0.3, 0.4) is 0 Å². The molecule has 1 aromatic carbocycles. The lowest BCUT2D eigenvalue weighted by molar-refractivity contribution is 0.462. The van der Waals surface area contributed by atoms with Crippen molar-refractivity contribution in [1.82, 2.24) is 4.98 Å². The first-order valence-corrected chi connectivity index (χ1v) is 6.22. The summed E-state index contributed by atoms with van der Waals surface area (Å²) in [5.74, 6) is 1.11. The van der Waals surface area contributed by atoms with Crippen molar-refractivity contribution in [2.24, 2.45) is 5.73 Å².